The van der Waals surface area contributed by atoms with Gasteiger partial charge in [0, 0.05) is 12.8 Å². The highest BCUT2D eigenvalue weighted by atomic mass is 31.2. The van der Waals surface area contributed by atoms with E-state index >= 15 is 0 Å². The minimum Gasteiger partial charge on any atom is -0.462 e. The minimum atomic E-state index is -5.60. The van der Waals surface area contributed by atoms with Gasteiger partial charge in [0.05, 0.1) is 6.61 Å². The Morgan fingerprint density at radius 2 is 0.821 bits per heavy atom. The fourth-order valence-electron chi connectivity index (χ4n) is 7.81. The number of phosphoric acid groups is 3. The first-order valence-electron chi connectivity index (χ1n) is 25.0. The maximum absolute atomic E-state index is 13.1. The summed E-state index contributed by atoms with van der Waals surface area (Å²) in [6.45, 7) is 2.95. The van der Waals surface area contributed by atoms with Crippen molar-refractivity contribution in [1.29, 1.82) is 0 Å². The third-order valence-corrected chi connectivity index (χ3v) is 13.6. The average molecular weight is 1030 g/mol. The normalized spacial score (nSPS) is 21.6. The molecule has 22 heteroatoms. The number of ether oxygens (including phenoxy) is 2. The van der Waals surface area contributed by atoms with Gasteiger partial charge in [-0.15, -0.1) is 0 Å². The van der Waals surface area contributed by atoms with Crippen LogP contribution in [0, 0.1) is 0 Å². The van der Waals surface area contributed by atoms with Crippen molar-refractivity contribution in [1.82, 2.24) is 0 Å². The van der Waals surface area contributed by atoms with Crippen molar-refractivity contribution in [3.8, 4) is 0 Å². The number of rotatable bonds is 43. The van der Waals surface area contributed by atoms with Gasteiger partial charge in [-0.25, -0.2) is 13.7 Å². The second kappa shape index (κ2) is 37.6. The number of esters is 2. The largest absolute Gasteiger partial charge is 0.472 e. The molecule has 1 unspecified atom stereocenters. The zero-order chi connectivity index (χ0) is 50.0. The van der Waals surface area contributed by atoms with Gasteiger partial charge >= 0.3 is 35.4 Å². The summed E-state index contributed by atoms with van der Waals surface area (Å²) in [7, 11) is -16.6. The maximum atomic E-state index is 13.1. The van der Waals surface area contributed by atoms with Gasteiger partial charge in [0.15, 0.2) is 6.10 Å². The Morgan fingerprint density at radius 1 is 0.463 bits per heavy atom. The molecule has 8 atom stereocenters. The maximum Gasteiger partial charge on any atom is 0.472 e. The molecule has 1 aliphatic rings. The van der Waals surface area contributed by atoms with Gasteiger partial charge < -0.3 is 49.3 Å². The summed E-state index contributed by atoms with van der Waals surface area (Å²) in [4.78, 5) is 73.2. The molecule has 67 heavy (non-hydrogen) atoms. The lowest BCUT2D eigenvalue weighted by Gasteiger charge is -2.44. The van der Waals surface area contributed by atoms with Crippen LogP contribution in [0.25, 0.3) is 0 Å². The van der Waals surface area contributed by atoms with Gasteiger partial charge in [-0.3, -0.25) is 27.7 Å². The van der Waals surface area contributed by atoms with E-state index in [0.717, 1.165) is 64.2 Å². The topological polar surface area (TPSA) is 303 Å². The highest BCUT2D eigenvalue weighted by molar-refractivity contribution is 7.47. The Balaban J connectivity index is 2.71. The molecule has 1 rings (SSSR count). The molecule has 396 valence electrons. The number of hydrogen-bond donors (Lipinski definition) is 8. The van der Waals surface area contributed by atoms with Gasteiger partial charge in [0.2, 0.25) is 0 Å². The molecule has 1 saturated carbocycles. The Bertz CT molecular complexity index is 1460. The Morgan fingerprint density at radius 3 is 1.24 bits per heavy atom. The van der Waals surface area contributed by atoms with Crippen molar-refractivity contribution < 1.29 is 90.6 Å². The molecule has 0 aromatic rings. The van der Waals surface area contributed by atoms with Crippen molar-refractivity contribution in [2.45, 2.75) is 249 Å². The molecule has 8 N–H and O–H groups in total. The number of carbonyl (C=O) groups is 2. The van der Waals surface area contributed by atoms with Gasteiger partial charge in [-0.05, 0) is 38.5 Å². The average Bonchev–Trinajstić information content (AvgIpc) is 3.25. The lowest BCUT2D eigenvalue weighted by atomic mass is 9.85. The Kier molecular flexibility index (Phi) is 35.9. The molecule has 0 saturated heterocycles. The summed E-state index contributed by atoms with van der Waals surface area (Å²) in [5.74, 6) is -1.30. The lowest BCUT2D eigenvalue weighted by molar-refractivity contribution is -0.213. The van der Waals surface area contributed by atoms with Crippen LogP contribution in [0.1, 0.15) is 206 Å². The molecule has 0 radical (unpaired) electrons. The first-order chi connectivity index (χ1) is 31.8. The number of hydrogen-bond acceptors (Lipinski definition) is 14. The fourth-order valence-corrected chi connectivity index (χ4v) is 9.91. The highest BCUT2D eigenvalue weighted by Gasteiger charge is 2.56. The summed E-state index contributed by atoms with van der Waals surface area (Å²) in [6.07, 6.45) is 19.4. The summed E-state index contributed by atoms with van der Waals surface area (Å²) in [6, 6.07) is 0. The van der Waals surface area contributed by atoms with E-state index in [-0.39, 0.29) is 12.8 Å². The molecule has 0 spiro atoms. The third kappa shape index (κ3) is 34.0. The molecular weight excluding hydrogens is 937 g/mol. The van der Waals surface area contributed by atoms with Gasteiger partial charge in [0.1, 0.15) is 43.2 Å². The van der Waals surface area contributed by atoms with Crippen LogP contribution in [0.4, 0.5) is 0 Å². The molecule has 0 bridgehead atoms. The van der Waals surface area contributed by atoms with Crippen molar-refractivity contribution >= 4 is 35.4 Å². The van der Waals surface area contributed by atoms with E-state index in [0.29, 0.717) is 12.8 Å². The second-order valence-electron chi connectivity index (χ2n) is 17.8. The van der Waals surface area contributed by atoms with Crippen LogP contribution in [-0.2, 0) is 50.9 Å². The molecular formula is C45H87O19P3. The quantitative estimate of drug-likeness (QED) is 0.0122. The number of carbonyl (C=O) groups excluding carboxylic acids is 2. The van der Waals surface area contributed by atoms with Gasteiger partial charge in [-0.2, -0.15) is 0 Å². The van der Waals surface area contributed by atoms with E-state index in [4.69, 9.17) is 18.5 Å². The molecule has 0 amide bonds. The summed E-state index contributed by atoms with van der Waals surface area (Å²) in [5.41, 5.74) is 0. The van der Waals surface area contributed by atoms with Crippen molar-refractivity contribution in [2.24, 2.45) is 0 Å². The SMILES string of the molecule is CCCCCCCC/C=C\CCCCCCCC(=O)O[C@H](COC(=O)CCCCCCCCCCCCCCCCC)COP(=O)(O)O[C@@H]1[C@H](O)[C@H](O)[C@@H](OP(=O)(O)O)[C@H](OP(=O)(O)O)[C@H]1O. The molecule has 0 heterocycles. The fraction of sp³-hybridized carbons (Fsp3) is 0.911. The number of unbranched alkanes of at least 4 members (excludes halogenated alkanes) is 25. The number of aliphatic hydroxyl groups excluding tert-OH is 3. The summed E-state index contributed by atoms with van der Waals surface area (Å²) < 4.78 is 65.5. The Labute approximate surface area is 399 Å². The van der Waals surface area contributed by atoms with Crippen LogP contribution in [0.15, 0.2) is 12.2 Å². The van der Waals surface area contributed by atoms with E-state index in [2.05, 4.69) is 35.0 Å². The second-order valence-corrected chi connectivity index (χ2v) is 21.5. The van der Waals surface area contributed by atoms with Crippen molar-refractivity contribution in [2.75, 3.05) is 13.2 Å². The predicted octanol–water partition coefficient (Wildman–Crippen LogP) is 9.29. The van der Waals surface area contributed by atoms with E-state index in [1.165, 1.54) is 103 Å². The standard InChI is InChI=1S/C45H87O19P3/c1-3-5-7-9-11-13-15-17-19-21-23-25-27-29-31-33-38(46)59-35-37(61-39(47)34-32-30-28-26-24-22-20-18-16-14-12-10-8-6-4-2)36-60-67(57,58)64-43-40(48)41(49)44(62-65(51,52)53)45(42(43)50)63-66(54,55)56/h18,20,37,40-45,48-50H,3-17,19,21-36H2,1-2H3,(H,57,58)(H2,51,52,53)(H2,54,55,56)/b20-18-/t37-,40-,41+,42+,43-,44-,45-/m1/s1. The monoisotopic (exact) mass is 1020 g/mol. The Hall–Kier alpha value is -1.11. The lowest BCUT2D eigenvalue weighted by Crippen LogP contribution is -2.65. The molecule has 19 nitrogen and oxygen atoms in total. The van der Waals surface area contributed by atoms with Gasteiger partial charge in [0.25, 0.3) is 0 Å². The van der Waals surface area contributed by atoms with Crippen LogP contribution in [0.5, 0.6) is 0 Å². The van der Waals surface area contributed by atoms with Crippen LogP contribution >= 0.6 is 23.5 Å². The number of aliphatic hydroxyl groups is 3. The van der Waals surface area contributed by atoms with Crippen LogP contribution in [0.3, 0.4) is 0 Å². The first kappa shape index (κ1) is 63.9. The van der Waals surface area contributed by atoms with Crippen LogP contribution in [-0.4, -0.2) is 108 Å². The number of allylic oxidation sites excluding steroid dienone is 2. The highest BCUT2D eigenvalue weighted by Crippen LogP contribution is 2.51. The first-order valence-corrected chi connectivity index (χ1v) is 29.5. The van der Waals surface area contributed by atoms with Crippen LogP contribution in [0.2, 0.25) is 0 Å². The number of phosphoric ester groups is 3. The smallest absolute Gasteiger partial charge is 0.462 e. The minimum absolute atomic E-state index is 0.00777. The molecule has 0 aliphatic heterocycles. The zero-order valence-electron chi connectivity index (χ0n) is 40.2. The molecule has 0 aromatic heterocycles. The summed E-state index contributed by atoms with van der Waals surface area (Å²) in [5, 5.41) is 31.9. The zero-order valence-corrected chi connectivity index (χ0v) is 42.9. The third-order valence-electron chi connectivity index (χ3n) is 11.6. The molecule has 0 aromatic carbocycles. The van der Waals surface area contributed by atoms with Crippen molar-refractivity contribution in [3.63, 3.8) is 0 Å². The summed E-state index contributed by atoms with van der Waals surface area (Å²) >= 11 is 0. The van der Waals surface area contributed by atoms with Crippen LogP contribution < -0.4 is 0 Å². The molecule has 1 fully saturated rings. The van der Waals surface area contributed by atoms with E-state index in [9.17, 15) is 63.1 Å². The predicted molar refractivity (Wildman–Crippen MR) is 252 cm³/mol. The van der Waals surface area contributed by atoms with E-state index in [1.54, 1.807) is 0 Å². The van der Waals surface area contributed by atoms with E-state index < -0.39 is 91.3 Å². The molecule has 1 aliphatic carbocycles. The van der Waals surface area contributed by atoms with Gasteiger partial charge in [-0.1, -0.05) is 167 Å². The van der Waals surface area contributed by atoms with Crippen molar-refractivity contribution in [3.05, 3.63) is 12.2 Å². The van der Waals surface area contributed by atoms with E-state index in [1.807, 2.05) is 0 Å².